The molecule has 0 heterocycles. The molecule has 3 atom stereocenters. The Kier molecular flexibility index (Phi) is 4.44. The van der Waals surface area contributed by atoms with Gasteiger partial charge in [-0.1, -0.05) is 24.3 Å². The highest BCUT2D eigenvalue weighted by Gasteiger charge is 2.32. The van der Waals surface area contributed by atoms with E-state index in [0.717, 1.165) is 11.8 Å². The summed E-state index contributed by atoms with van der Waals surface area (Å²) in [6.07, 6.45) is 8.78. The molecule has 2 nitrogen and oxygen atoms in total. The summed E-state index contributed by atoms with van der Waals surface area (Å²) in [6.45, 7) is 0. The minimum Gasteiger partial charge on any atom is -0.306 e. The first kappa shape index (κ1) is 14.8. The van der Waals surface area contributed by atoms with E-state index in [1.54, 1.807) is 11.1 Å². The van der Waals surface area contributed by atoms with Crippen LogP contribution < -0.4 is 0 Å². The van der Waals surface area contributed by atoms with Crippen LogP contribution in [0.2, 0.25) is 0 Å². The lowest BCUT2D eigenvalue weighted by Crippen LogP contribution is -2.40. The Morgan fingerprint density at radius 1 is 1.05 bits per heavy atom. The molecule has 0 N–H and O–H groups in total. The van der Waals surface area contributed by atoms with E-state index in [1.807, 2.05) is 7.05 Å². The van der Waals surface area contributed by atoms with Gasteiger partial charge in [-0.2, -0.15) is 0 Å². The van der Waals surface area contributed by atoms with Crippen LogP contribution in [0.5, 0.6) is 0 Å². The average molecular weight is 284 g/mol. The Labute approximate surface area is 129 Å². The second kappa shape index (κ2) is 6.31. The molecule has 114 valence electrons. The van der Waals surface area contributed by atoms with Crippen molar-refractivity contribution >= 4 is 6.21 Å². The minimum atomic E-state index is 0.618. The molecule has 1 aromatic carbocycles. The normalized spacial score (nSPS) is 30.2. The predicted molar refractivity (Wildman–Crippen MR) is 90.4 cm³/mol. The fourth-order valence-electron chi connectivity index (χ4n) is 3.92. The highest BCUT2D eigenvalue weighted by Crippen LogP contribution is 2.42. The van der Waals surface area contributed by atoms with Gasteiger partial charge in [-0.15, -0.1) is 0 Å². The van der Waals surface area contributed by atoms with Crippen LogP contribution in [-0.2, 0) is 0 Å². The van der Waals surface area contributed by atoms with E-state index in [-0.39, 0.29) is 0 Å². The predicted octanol–water partition coefficient (Wildman–Crippen LogP) is 4.08. The Morgan fingerprint density at radius 3 is 2.33 bits per heavy atom. The fourth-order valence-corrected chi connectivity index (χ4v) is 3.92. The molecule has 2 aliphatic rings. The Bertz CT molecular complexity index is 502. The van der Waals surface area contributed by atoms with Crippen LogP contribution in [0, 0.1) is 5.92 Å². The topological polar surface area (TPSA) is 15.6 Å². The van der Waals surface area contributed by atoms with Crippen LogP contribution in [0.25, 0.3) is 0 Å². The molecule has 0 radical (unpaired) electrons. The molecular weight excluding hydrogens is 256 g/mol. The molecule has 2 aliphatic carbocycles. The van der Waals surface area contributed by atoms with Gasteiger partial charge < -0.3 is 9.89 Å². The van der Waals surface area contributed by atoms with Crippen molar-refractivity contribution in [3.63, 3.8) is 0 Å². The highest BCUT2D eigenvalue weighted by atomic mass is 15.1. The van der Waals surface area contributed by atoms with Crippen LogP contribution in [0.1, 0.15) is 55.1 Å². The van der Waals surface area contributed by atoms with Gasteiger partial charge in [-0.3, -0.25) is 0 Å². The van der Waals surface area contributed by atoms with Crippen molar-refractivity contribution in [1.29, 1.82) is 0 Å². The standard InChI is InChI=1S/C19H28N2/c1-20-13-18-10-9-17(12-19(18)21(2)3)16-6-4-5-15(11-16)14-7-8-14/h4-6,11,13-14,17-19H,7-10,12H2,1-3H3/b20-13+/t17-,18?,19-/m0/s1. The van der Waals surface area contributed by atoms with Crippen LogP contribution in [0.3, 0.4) is 0 Å². The van der Waals surface area contributed by atoms with Crippen molar-refractivity contribution in [2.45, 2.75) is 50.0 Å². The van der Waals surface area contributed by atoms with E-state index in [4.69, 9.17) is 0 Å². The lowest BCUT2D eigenvalue weighted by molar-refractivity contribution is 0.182. The molecular formula is C19H28N2. The van der Waals surface area contributed by atoms with Crippen LogP contribution >= 0.6 is 0 Å². The first-order valence-corrected chi connectivity index (χ1v) is 8.37. The largest absolute Gasteiger partial charge is 0.306 e. The first-order chi connectivity index (χ1) is 10.2. The van der Waals surface area contributed by atoms with Gasteiger partial charge in [0.2, 0.25) is 0 Å². The summed E-state index contributed by atoms with van der Waals surface area (Å²) in [4.78, 5) is 6.68. The van der Waals surface area contributed by atoms with Crippen molar-refractivity contribution in [2.75, 3.05) is 21.1 Å². The second-order valence-corrected chi connectivity index (χ2v) is 7.06. The molecule has 0 saturated heterocycles. The maximum absolute atomic E-state index is 4.28. The summed E-state index contributed by atoms with van der Waals surface area (Å²) in [5, 5.41) is 0. The van der Waals surface area contributed by atoms with Crippen LogP contribution in [0.15, 0.2) is 29.3 Å². The van der Waals surface area contributed by atoms with Crippen molar-refractivity contribution in [3.05, 3.63) is 35.4 Å². The summed E-state index contributed by atoms with van der Waals surface area (Å²) in [5.74, 6) is 2.20. The second-order valence-electron chi connectivity index (χ2n) is 7.06. The van der Waals surface area contributed by atoms with Gasteiger partial charge in [-0.25, -0.2) is 0 Å². The molecule has 2 fully saturated rings. The third-order valence-corrected chi connectivity index (χ3v) is 5.30. The van der Waals surface area contributed by atoms with Crippen molar-refractivity contribution in [3.8, 4) is 0 Å². The molecule has 21 heavy (non-hydrogen) atoms. The number of benzene rings is 1. The number of hydrogen-bond donors (Lipinski definition) is 0. The Morgan fingerprint density at radius 2 is 1.71 bits per heavy atom. The molecule has 0 aromatic heterocycles. The molecule has 0 spiro atoms. The molecule has 0 aliphatic heterocycles. The van der Waals surface area contributed by atoms with Crippen LogP contribution in [0.4, 0.5) is 0 Å². The van der Waals surface area contributed by atoms with Gasteiger partial charge in [0.05, 0.1) is 0 Å². The lowest BCUT2D eigenvalue weighted by atomic mass is 9.75. The Hall–Kier alpha value is -1.15. The summed E-state index contributed by atoms with van der Waals surface area (Å²) < 4.78 is 0. The third-order valence-electron chi connectivity index (χ3n) is 5.30. The van der Waals surface area contributed by atoms with Gasteiger partial charge in [0.25, 0.3) is 0 Å². The van der Waals surface area contributed by atoms with Gasteiger partial charge in [0, 0.05) is 25.2 Å². The van der Waals surface area contributed by atoms with E-state index in [9.17, 15) is 0 Å². The quantitative estimate of drug-likeness (QED) is 0.761. The maximum Gasteiger partial charge on any atom is 0.0273 e. The summed E-state index contributed by atoms with van der Waals surface area (Å²) >= 11 is 0. The zero-order valence-corrected chi connectivity index (χ0v) is 13.6. The number of rotatable bonds is 4. The van der Waals surface area contributed by atoms with Crippen molar-refractivity contribution in [2.24, 2.45) is 10.9 Å². The Balaban J connectivity index is 1.75. The number of nitrogens with zero attached hydrogens (tertiary/aromatic N) is 2. The number of hydrogen-bond acceptors (Lipinski definition) is 2. The molecule has 1 aromatic rings. The average Bonchev–Trinajstić information content (AvgIpc) is 3.32. The minimum absolute atomic E-state index is 0.618. The summed E-state index contributed by atoms with van der Waals surface area (Å²) in [5.41, 5.74) is 3.14. The highest BCUT2D eigenvalue weighted by molar-refractivity contribution is 5.62. The fraction of sp³-hybridized carbons (Fsp3) is 0.632. The third kappa shape index (κ3) is 3.37. The van der Waals surface area contributed by atoms with Gasteiger partial charge in [0.1, 0.15) is 0 Å². The molecule has 0 bridgehead atoms. The van der Waals surface area contributed by atoms with E-state index < -0.39 is 0 Å². The molecule has 3 rings (SSSR count). The molecule has 0 amide bonds. The summed E-state index contributed by atoms with van der Waals surface area (Å²) in [7, 11) is 6.33. The monoisotopic (exact) mass is 284 g/mol. The molecule has 1 unspecified atom stereocenters. The van der Waals surface area contributed by atoms with Crippen LogP contribution in [-0.4, -0.2) is 38.3 Å². The summed E-state index contributed by atoms with van der Waals surface area (Å²) in [6, 6.07) is 10.0. The zero-order chi connectivity index (χ0) is 14.8. The lowest BCUT2D eigenvalue weighted by Gasteiger charge is -2.38. The van der Waals surface area contributed by atoms with E-state index in [1.165, 1.54) is 32.1 Å². The zero-order valence-electron chi connectivity index (χ0n) is 13.6. The first-order valence-electron chi connectivity index (χ1n) is 8.37. The maximum atomic E-state index is 4.28. The van der Waals surface area contributed by atoms with Gasteiger partial charge in [0.15, 0.2) is 0 Å². The molecule has 2 saturated carbocycles. The van der Waals surface area contributed by atoms with Gasteiger partial charge in [-0.05, 0) is 69.2 Å². The van der Waals surface area contributed by atoms with Gasteiger partial charge >= 0.3 is 0 Å². The SMILES string of the molecule is C/N=C/C1CC[C@H](c2cccc(C3CC3)c2)C[C@@H]1N(C)C. The van der Waals surface area contributed by atoms with Crippen molar-refractivity contribution < 1.29 is 0 Å². The van der Waals surface area contributed by atoms with E-state index in [0.29, 0.717) is 12.0 Å². The number of aliphatic imine (C=N–C) groups is 1. The smallest absolute Gasteiger partial charge is 0.0273 e. The van der Waals surface area contributed by atoms with E-state index >= 15 is 0 Å². The van der Waals surface area contributed by atoms with E-state index in [2.05, 4.69) is 54.5 Å². The molecule has 2 heteroatoms. The van der Waals surface area contributed by atoms with Crippen molar-refractivity contribution in [1.82, 2.24) is 4.90 Å².